The second-order valence-electron chi connectivity index (χ2n) is 6.15. The maximum Gasteiger partial charge on any atom is 0.242 e. The topological polar surface area (TPSA) is 84.9 Å². The molecular weight excluding hydrogens is 378 g/mol. The van der Waals surface area contributed by atoms with Crippen LogP contribution in [0, 0.1) is 0 Å². The molecule has 1 aliphatic rings. The summed E-state index contributed by atoms with van der Waals surface area (Å²) in [6.07, 6.45) is 1.00. The third-order valence-corrected chi connectivity index (χ3v) is 6.50. The molecule has 0 heterocycles. The average molecular weight is 398 g/mol. The predicted molar refractivity (Wildman–Crippen MR) is 98.4 cm³/mol. The van der Waals surface area contributed by atoms with E-state index in [2.05, 4.69) is 4.72 Å². The van der Waals surface area contributed by atoms with Crippen LogP contribution >= 0.6 is 11.6 Å². The minimum Gasteiger partial charge on any atom is -0.493 e. The van der Waals surface area contributed by atoms with E-state index in [0.717, 1.165) is 5.56 Å². The van der Waals surface area contributed by atoms with Gasteiger partial charge in [-0.3, -0.25) is 0 Å². The van der Waals surface area contributed by atoms with Crippen LogP contribution in [0.1, 0.15) is 17.5 Å². The van der Waals surface area contributed by atoms with E-state index >= 15 is 0 Å². The van der Waals surface area contributed by atoms with Crippen LogP contribution in [0.15, 0.2) is 41.3 Å². The Morgan fingerprint density at radius 3 is 2.50 bits per heavy atom. The van der Waals surface area contributed by atoms with Crippen LogP contribution in [0.5, 0.6) is 11.5 Å². The Morgan fingerprint density at radius 2 is 1.85 bits per heavy atom. The van der Waals surface area contributed by atoms with Gasteiger partial charge in [0.15, 0.2) is 11.5 Å². The van der Waals surface area contributed by atoms with Crippen LogP contribution < -0.4 is 14.2 Å². The van der Waals surface area contributed by atoms with Crippen molar-refractivity contribution in [2.24, 2.45) is 0 Å². The quantitative estimate of drug-likeness (QED) is 0.782. The zero-order valence-electron chi connectivity index (χ0n) is 14.5. The number of halogens is 1. The third-order valence-electron chi connectivity index (χ3n) is 4.60. The number of sulfonamides is 1. The van der Waals surface area contributed by atoms with Crippen molar-refractivity contribution < 1.29 is 23.0 Å². The number of aryl methyl sites for hydroxylation is 1. The van der Waals surface area contributed by atoms with E-state index in [1.807, 2.05) is 6.07 Å². The molecule has 3 rings (SSSR count). The molecule has 26 heavy (non-hydrogen) atoms. The summed E-state index contributed by atoms with van der Waals surface area (Å²) in [5, 5.41) is 11.2. The molecule has 2 aromatic rings. The summed E-state index contributed by atoms with van der Waals surface area (Å²) in [5.74, 6) is 1.06. The third kappa shape index (κ3) is 3.40. The van der Waals surface area contributed by atoms with Crippen molar-refractivity contribution in [3.8, 4) is 11.5 Å². The fourth-order valence-corrected chi connectivity index (χ4v) is 4.78. The Morgan fingerprint density at radius 1 is 1.19 bits per heavy atom. The Balaban J connectivity index is 1.87. The number of nitrogens with one attached hydrogen (secondary N) is 1. The summed E-state index contributed by atoms with van der Waals surface area (Å²) < 4.78 is 38.1. The van der Waals surface area contributed by atoms with E-state index in [4.69, 9.17) is 21.1 Å². The van der Waals surface area contributed by atoms with E-state index in [1.54, 1.807) is 25.3 Å². The van der Waals surface area contributed by atoms with Gasteiger partial charge in [0.2, 0.25) is 10.0 Å². The summed E-state index contributed by atoms with van der Waals surface area (Å²) >= 11 is 5.98. The molecule has 2 N–H and O–H groups in total. The van der Waals surface area contributed by atoms with E-state index in [-0.39, 0.29) is 16.5 Å². The molecule has 6 nitrogen and oxygen atoms in total. The first-order chi connectivity index (χ1) is 12.3. The number of hydrogen-bond donors (Lipinski definition) is 2. The van der Waals surface area contributed by atoms with Crippen molar-refractivity contribution in [3.05, 3.63) is 52.5 Å². The molecule has 0 saturated heterocycles. The number of ether oxygens (including phenoxy) is 2. The lowest BCUT2D eigenvalue weighted by Crippen LogP contribution is -2.39. The van der Waals surface area contributed by atoms with Crippen molar-refractivity contribution in [1.29, 1.82) is 0 Å². The molecule has 0 amide bonds. The number of rotatable bonds is 6. The molecule has 1 atom stereocenters. The zero-order chi connectivity index (χ0) is 18.9. The van der Waals surface area contributed by atoms with Crippen molar-refractivity contribution in [1.82, 2.24) is 4.72 Å². The zero-order valence-corrected chi connectivity index (χ0v) is 16.0. The van der Waals surface area contributed by atoms with Crippen molar-refractivity contribution >= 4 is 21.6 Å². The molecule has 0 radical (unpaired) electrons. The number of hydrogen-bond acceptors (Lipinski definition) is 5. The fourth-order valence-electron chi connectivity index (χ4n) is 3.18. The Kier molecular flexibility index (Phi) is 5.16. The predicted octanol–water partition coefficient (Wildman–Crippen LogP) is 2.47. The molecule has 1 unspecified atom stereocenters. The number of methoxy groups -OCH3 is 2. The lowest BCUT2D eigenvalue weighted by atomic mass is 9.96. The molecule has 8 heteroatoms. The number of fused-ring (bicyclic) bond motifs is 1. The van der Waals surface area contributed by atoms with Crippen LogP contribution in [0.2, 0.25) is 5.02 Å². The van der Waals surface area contributed by atoms with Gasteiger partial charge in [0.25, 0.3) is 0 Å². The first-order valence-corrected chi connectivity index (χ1v) is 9.89. The standard InChI is InChI=1S/C18H20ClNO5S/c1-24-15-9-12-7-8-18(21,13(12)10-16(15)25-2)11-20-26(22,23)17-6-4-3-5-14(17)19/h3-6,9-10,20-21H,7-8,11H2,1-2H3. The van der Waals surface area contributed by atoms with Gasteiger partial charge in [-0.05, 0) is 48.2 Å². The fraction of sp³-hybridized carbons (Fsp3) is 0.333. The highest BCUT2D eigenvalue weighted by Crippen LogP contribution is 2.42. The van der Waals surface area contributed by atoms with Crippen LogP contribution in [0.25, 0.3) is 0 Å². The SMILES string of the molecule is COc1cc2c(cc1OC)C(O)(CNS(=O)(=O)c1ccccc1Cl)CC2. The van der Waals surface area contributed by atoms with Gasteiger partial charge in [0.1, 0.15) is 10.5 Å². The molecule has 0 saturated carbocycles. The normalized spacial score (nSPS) is 19.2. The molecular formula is C18H20ClNO5S. The molecule has 140 valence electrons. The maximum atomic E-state index is 12.5. The Bertz CT molecular complexity index is 931. The average Bonchev–Trinajstić information content (AvgIpc) is 2.96. The first-order valence-electron chi connectivity index (χ1n) is 8.03. The van der Waals surface area contributed by atoms with Gasteiger partial charge in [0.05, 0.1) is 19.2 Å². The summed E-state index contributed by atoms with van der Waals surface area (Å²) in [5.41, 5.74) is 0.211. The van der Waals surface area contributed by atoms with Crippen LogP contribution in [-0.2, 0) is 22.0 Å². The first kappa shape index (κ1) is 19.0. The Labute approximate surface area is 157 Å². The molecule has 0 fully saturated rings. The monoisotopic (exact) mass is 397 g/mol. The van der Waals surface area contributed by atoms with Gasteiger partial charge < -0.3 is 14.6 Å². The van der Waals surface area contributed by atoms with E-state index < -0.39 is 15.6 Å². The van der Waals surface area contributed by atoms with Crippen molar-refractivity contribution in [2.75, 3.05) is 20.8 Å². The van der Waals surface area contributed by atoms with Crippen LogP contribution in [-0.4, -0.2) is 34.3 Å². The Hall–Kier alpha value is -1.80. The maximum absolute atomic E-state index is 12.5. The van der Waals surface area contributed by atoms with Gasteiger partial charge in [-0.15, -0.1) is 0 Å². The molecule has 0 spiro atoms. The second-order valence-corrected chi connectivity index (χ2v) is 8.29. The van der Waals surface area contributed by atoms with Crippen molar-refractivity contribution in [2.45, 2.75) is 23.3 Å². The molecule has 1 aliphatic carbocycles. The molecule has 0 bridgehead atoms. The summed E-state index contributed by atoms with van der Waals surface area (Å²) in [4.78, 5) is -0.0178. The summed E-state index contributed by atoms with van der Waals surface area (Å²) in [7, 11) is -0.788. The van der Waals surface area contributed by atoms with Crippen molar-refractivity contribution in [3.63, 3.8) is 0 Å². The number of aliphatic hydroxyl groups is 1. The molecule has 2 aromatic carbocycles. The van der Waals surface area contributed by atoms with E-state index in [9.17, 15) is 13.5 Å². The van der Waals surface area contributed by atoms with Gasteiger partial charge in [-0.25, -0.2) is 13.1 Å². The highest BCUT2D eigenvalue weighted by molar-refractivity contribution is 7.89. The molecule has 0 aliphatic heterocycles. The lowest BCUT2D eigenvalue weighted by Gasteiger charge is -2.25. The van der Waals surface area contributed by atoms with E-state index in [0.29, 0.717) is 29.9 Å². The minimum atomic E-state index is -3.85. The second kappa shape index (κ2) is 7.08. The summed E-state index contributed by atoms with van der Waals surface area (Å²) in [6, 6.07) is 9.69. The molecule has 0 aromatic heterocycles. The van der Waals surface area contributed by atoms with Gasteiger partial charge in [-0.1, -0.05) is 23.7 Å². The number of benzene rings is 2. The summed E-state index contributed by atoms with van der Waals surface area (Å²) in [6.45, 7) is -0.164. The largest absolute Gasteiger partial charge is 0.493 e. The van der Waals surface area contributed by atoms with Gasteiger partial charge in [0, 0.05) is 6.54 Å². The van der Waals surface area contributed by atoms with E-state index in [1.165, 1.54) is 19.2 Å². The lowest BCUT2D eigenvalue weighted by molar-refractivity contribution is 0.0440. The minimum absolute atomic E-state index is 0.0178. The highest BCUT2D eigenvalue weighted by Gasteiger charge is 2.39. The van der Waals surface area contributed by atoms with Crippen LogP contribution in [0.4, 0.5) is 0 Å². The van der Waals surface area contributed by atoms with Gasteiger partial charge in [-0.2, -0.15) is 0 Å². The van der Waals surface area contributed by atoms with Crippen LogP contribution in [0.3, 0.4) is 0 Å². The van der Waals surface area contributed by atoms with Gasteiger partial charge >= 0.3 is 0 Å². The highest BCUT2D eigenvalue weighted by atomic mass is 35.5. The smallest absolute Gasteiger partial charge is 0.242 e.